The average molecular weight is 425 g/mol. The van der Waals surface area contributed by atoms with Crippen molar-refractivity contribution >= 4 is 28.3 Å². The molecule has 1 fully saturated rings. The van der Waals surface area contributed by atoms with E-state index in [9.17, 15) is 4.79 Å². The summed E-state index contributed by atoms with van der Waals surface area (Å²) in [5.74, 6) is 1.77. The van der Waals surface area contributed by atoms with Gasteiger partial charge in [0.05, 0.1) is 11.1 Å². The highest BCUT2D eigenvalue weighted by Crippen LogP contribution is 2.32. The molecule has 0 saturated carbocycles. The SMILES string of the molecule is NC(=O)c1cccnc1N1CCN(c2ccnc3ccc(Oc4ccccc4)cc23)CC1. The maximum Gasteiger partial charge on any atom is 0.252 e. The van der Waals surface area contributed by atoms with Crippen LogP contribution in [-0.2, 0) is 0 Å². The third kappa shape index (κ3) is 3.92. The van der Waals surface area contributed by atoms with E-state index in [1.54, 1.807) is 18.3 Å². The van der Waals surface area contributed by atoms with Gasteiger partial charge in [-0.25, -0.2) is 4.98 Å². The Morgan fingerprint density at radius 3 is 2.38 bits per heavy atom. The first-order valence-corrected chi connectivity index (χ1v) is 10.6. The van der Waals surface area contributed by atoms with Crippen molar-refractivity contribution in [3.8, 4) is 11.5 Å². The van der Waals surface area contributed by atoms with E-state index in [1.165, 1.54) is 0 Å². The van der Waals surface area contributed by atoms with Crippen molar-refractivity contribution in [2.45, 2.75) is 0 Å². The third-order valence-corrected chi connectivity index (χ3v) is 5.64. The van der Waals surface area contributed by atoms with Gasteiger partial charge in [-0.3, -0.25) is 9.78 Å². The monoisotopic (exact) mass is 425 g/mol. The van der Waals surface area contributed by atoms with E-state index in [1.807, 2.05) is 60.8 Å². The fraction of sp³-hybridized carbons (Fsp3) is 0.160. The predicted molar refractivity (Wildman–Crippen MR) is 125 cm³/mol. The van der Waals surface area contributed by atoms with Crippen LogP contribution in [0, 0.1) is 0 Å². The van der Waals surface area contributed by atoms with Crippen molar-refractivity contribution in [1.82, 2.24) is 9.97 Å². The van der Waals surface area contributed by atoms with Crippen LogP contribution in [0.15, 0.2) is 79.1 Å². The number of ether oxygens (including phenoxy) is 1. The smallest absolute Gasteiger partial charge is 0.252 e. The Bertz CT molecular complexity index is 1250. The van der Waals surface area contributed by atoms with Gasteiger partial charge in [0, 0.05) is 49.6 Å². The van der Waals surface area contributed by atoms with Crippen LogP contribution in [-0.4, -0.2) is 42.1 Å². The molecule has 0 aliphatic carbocycles. The number of benzene rings is 2. The van der Waals surface area contributed by atoms with E-state index < -0.39 is 5.91 Å². The summed E-state index contributed by atoms with van der Waals surface area (Å²) in [6.45, 7) is 3.05. The Balaban J connectivity index is 1.38. The summed E-state index contributed by atoms with van der Waals surface area (Å²) in [4.78, 5) is 25.2. The number of nitrogens with two attached hydrogens (primary N) is 1. The molecule has 7 heteroatoms. The van der Waals surface area contributed by atoms with Gasteiger partial charge in [0.1, 0.15) is 17.3 Å². The topological polar surface area (TPSA) is 84.6 Å². The van der Waals surface area contributed by atoms with Crippen LogP contribution in [0.4, 0.5) is 11.5 Å². The molecule has 32 heavy (non-hydrogen) atoms. The number of anilines is 2. The molecular weight excluding hydrogens is 402 g/mol. The molecule has 0 unspecified atom stereocenters. The molecule has 1 aliphatic rings. The van der Waals surface area contributed by atoms with Gasteiger partial charge in [-0.2, -0.15) is 0 Å². The van der Waals surface area contributed by atoms with Crippen molar-refractivity contribution in [2.24, 2.45) is 5.73 Å². The Morgan fingerprint density at radius 1 is 0.812 bits per heavy atom. The number of piperazine rings is 1. The first-order valence-electron chi connectivity index (χ1n) is 10.6. The minimum atomic E-state index is -0.457. The number of hydrogen-bond donors (Lipinski definition) is 1. The second-order valence-electron chi connectivity index (χ2n) is 7.64. The molecule has 2 aromatic heterocycles. The maximum absolute atomic E-state index is 11.8. The van der Waals surface area contributed by atoms with Crippen molar-refractivity contribution in [2.75, 3.05) is 36.0 Å². The lowest BCUT2D eigenvalue weighted by Gasteiger charge is -2.37. The number of pyridine rings is 2. The van der Waals surface area contributed by atoms with Crippen LogP contribution in [0.5, 0.6) is 11.5 Å². The minimum Gasteiger partial charge on any atom is -0.457 e. The number of aromatic nitrogens is 2. The van der Waals surface area contributed by atoms with E-state index in [-0.39, 0.29) is 0 Å². The molecule has 5 rings (SSSR count). The summed E-state index contributed by atoms with van der Waals surface area (Å²) in [6.07, 6.45) is 3.53. The number of para-hydroxylation sites is 1. The zero-order valence-electron chi connectivity index (χ0n) is 17.5. The highest BCUT2D eigenvalue weighted by molar-refractivity contribution is 5.97. The summed E-state index contributed by atoms with van der Waals surface area (Å²) in [6, 6.07) is 21.2. The van der Waals surface area contributed by atoms with Crippen LogP contribution in [0.1, 0.15) is 10.4 Å². The van der Waals surface area contributed by atoms with Crippen LogP contribution >= 0.6 is 0 Å². The van der Waals surface area contributed by atoms with Crippen LogP contribution in [0.25, 0.3) is 10.9 Å². The lowest BCUT2D eigenvalue weighted by atomic mass is 10.1. The summed E-state index contributed by atoms with van der Waals surface area (Å²) >= 11 is 0. The summed E-state index contributed by atoms with van der Waals surface area (Å²) in [7, 11) is 0. The standard InChI is InChI=1S/C25H23N5O2/c26-24(31)20-7-4-11-28-25(20)30-15-13-29(14-16-30)23-10-12-27-22-9-8-19(17-21(22)23)32-18-5-2-1-3-6-18/h1-12,17H,13-16H2,(H2,26,31). The van der Waals surface area contributed by atoms with Crippen LogP contribution in [0.2, 0.25) is 0 Å². The average Bonchev–Trinajstić information content (AvgIpc) is 2.84. The van der Waals surface area contributed by atoms with Crippen molar-refractivity contribution in [3.05, 3.63) is 84.7 Å². The molecule has 7 nitrogen and oxygen atoms in total. The highest BCUT2D eigenvalue weighted by Gasteiger charge is 2.23. The lowest BCUT2D eigenvalue weighted by molar-refractivity contribution is 0.100. The first kappa shape index (κ1) is 19.8. The van der Waals surface area contributed by atoms with Gasteiger partial charge in [0.15, 0.2) is 0 Å². The van der Waals surface area contributed by atoms with Gasteiger partial charge >= 0.3 is 0 Å². The second kappa shape index (κ2) is 8.55. The summed E-state index contributed by atoms with van der Waals surface area (Å²) < 4.78 is 6.03. The largest absolute Gasteiger partial charge is 0.457 e. The molecule has 1 saturated heterocycles. The van der Waals surface area contributed by atoms with Gasteiger partial charge in [-0.05, 0) is 48.5 Å². The van der Waals surface area contributed by atoms with Gasteiger partial charge in [-0.1, -0.05) is 18.2 Å². The van der Waals surface area contributed by atoms with Gasteiger partial charge in [0.25, 0.3) is 5.91 Å². The number of rotatable bonds is 5. The van der Waals surface area contributed by atoms with Crippen molar-refractivity contribution in [1.29, 1.82) is 0 Å². The molecule has 2 aromatic carbocycles. The highest BCUT2D eigenvalue weighted by atomic mass is 16.5. The molecule has 0 atom stereocenters. The molecular formula is C25H23N5O2. The fourth-order valence-corrected chi connectivity index (χ4v) is 4.08. The van der Waals surface area contributed by atoms with Crippen molar-refractivity contribution in [3.63, 3.8) is 0 Å². The molecule has 1 aliphatic heterocycles. The second-order valence-corrected chi connectivity index (χ2v) is 7.64. The zero-order valence-corrected chi connectivity index (χ0v) is 17.5. The van der Waals surface area contributed by atoms with Crippen molar-refractivity contribution < 1.29 is 9.53 Å². The van der Waals surface area contributed by atoms with Gasteiger partial charge in [-0.15, -0.1) is 0 Å². The summed E-state index contributed by atoms with van der Waals surface area (Å²) in [5, 5.41) is 1.05. The Morgan fingerprint density at radius 2 is 1.59 bits per heavy atom. The van der Waals surface area contributed by atoms with Crippen LogP contribution in [0.3, 0.4) is 0 Å². The Labute approximate surface area is 186 Å². The van der Waals surface area contributed by atoms with E-state index in [0.717, 1.165) is 54.3 Å². The molecule has 4 aromatic rings. The number of fused-ring (bicyclic) bond motifs is 1. The van der Waals surface area contributed by atoms with E-state index in [4.69, 9.17) is 10.5 Å². The number of hydrogen-bond acceptors (Lipinski definition) is 6. The summed E-state index contributed by atoms with van der Waals surface area (Å²) in [5.41, 5.74) is 8.03. The normalized spacial score (nSPS) is 13.9. The number of amides is 1. The van der Waals surface area contributed by atoms with Gasteiger partial charge < -0.3 is 20.3 Å². The molecule has 0 spiro atoms. The molecule has 1 amide bonds. The molecule has 2 N–H and O–H groups in total. The number of nitrogens with zero attached hydrogens (tertiary/aromatic N) is 4. The minimum absolute atomic E-state index is 0.456. The Kier molecular flexibility index (Phi) is 5.29. The first-order chi connectivity index (χ1) is 15.7. The fourth-order valence-electron chi connectivity index (χ4n) is 4.08. The maximum atomic E-state index is 11.8. The van der Waals surface area contributed by atoms with Gasteiger partial charge in [0.2, 0.25) is 0 Å². The number of primary amides is 1. The quantitative estimate of drug-likeness (QED) is 0.523. The Hall–Kier alpha value is -4.13. The zero-order chi connectivity index (χ0) is 21.9. The molecule has 0 radical (unpaired) electrons. The van der Waals surface area contributed by atoms with E-state index in [0.29, 0.717) is 11.4 Å². The molecule has 3 heterocycles. The predicted octanol–water partition coefficient (Wildman–Crippen LogP) is 3.85. The van der Waals surface area contributed by atoms with E-state index in [2.05, 4.69) is 19.8 Å². The molecule has 0 bridgehead atoms. The number of carbonyl (C=O) groups is 1. The van der Waals surface area contributed by atoms with Crippen LogP contribution < -0.4 is 20.3 Å². The molecule has 160 valence electrons. The number of carbonyl (C=O) groups excluding carboxylic acids is 1. The van der Waals surface area contributed by atoms with E-state index >= 15 is 0 Å². The lowest BCUT2D eigenvalue weighted by Crippen LogP contribution is -2.47. The third-order valence-electron chi connectivity index (χ3n) is 5.64.